The van der Waals surface area contributed by atoms with Gasteiger partial charge >= 0.3 is 0 Å². The average Bonchev–Trinajstić information content (AvgIpc) is 2.70. The van der Waals surface area contributed by atoms with E-state index in [0.29, 0.717) is 18.1 Å². The molecule has 1 aromatic carbocycles. The van der Waals surface area contributed by atoms with Crippen molar-refractivity contribution >= 4 is 16.7 Å². The van der Waals surface area contributed by atoms with Crippen LogP contribution < -0.4 is 10.6 Å². The summed E-state index contributed by atoms with van der Waals surface area (Å²) in [6.45, 7) is 0. The number of aromatic nitrogens is 1. The van der Waals surface area contributed by atoms with E-state index in [0.717, 1.165) is 24.2 Å². The van der Waals surface area contributed by atoms with Gasteiger partial charge in [-0.3, -0.25) is 0 Å². The van der Waals surface area contributed by atoms with Crippen LogP contribution in [0.3, 0.4) is 0 Å². The van der Waals surface area contributed by atoms with E-state index in [2.05, 4.69) is 41.3 Å². The van der Waals surface area contributed by atoms with Crippen LogP contribution in [0.4, 0.5) is 5.82 Å². The van der Waals surface area contributed by atoms with Gasteiger partial charge in [0.15, 0.2) is 0 Å². The van der Waals surface area contributed by atoms with Crippen LogP contribution in [0, 0.1) is 0 Å². The first-order valence-electron chi connectivity index (χ1n) is 7.21. The molecular formula is C16H19N3. The molecule has 2 atom stereocenters. The quantitative estimate of drug-likeness (QED) is 0.849. The second-order valence-corrected chi connectivity index (χ2v) is 5.89. The minimum absolute atomic E-state index is 0.384. The van der Waals surface area contributed by atoms with Gasteiger partial charge in [0.25, 0.3) is 0 Å². The van der Waals surface area contributed by atoms with Crippen LogP contribution >= 0.6 is 0 Å². The third kappa shape index (κ3) is 1.80. The summed E-state index contributed by atoms with van der Waals surface area (Å²) < 4.78 is 0. The zero-order chi connectivity index (χ0) is 12.8. The molecule has 19 heavy (non-hydrogen) atoms. The van der Waals surface area contributed by atoms with E-state index < -0.39 is 0 Å². The highest BCUT2D eigenvalue weighted by Gasteiger charge is 2.40. The number of nitrogens with zero attached hydrogens (tertiary/aromatic N) is 2. The Kier molecular flexibility index (Phi) is 2.49. The van der Waals surface area contributed by atoms with Crippen molar-refractivity contribution in [1.29, 1.82) is 0 Å². The minimum Gasteiger partial charge on any atom is -0.351 e. The van der Waals surface area contributed by atoms with E-state index in [1.165, 1.54) is 18.2 Å². The highest BCUT2D eigenvalue weighted by Crippen LogP contribution is 2.38. The summed E-state index contributed by atoms with van der Waals surface area (Å²) in [6, 6.07) is 14.3. The molecule has 0 amide bonds. The maximum Gasteiger partial charge on any atom is 0.129 e. The topological polar surface area (TPSA) is 42.1 Å². The first-order valence-corrected chi connectivity index (χ1v) is 7.21. The average molecular weight is 253 g/mol. The Labute approximate surface area is 113 Å². The summed E-state index contributed by atoms with van der Waals surface area (Å²) in [6.07, 6.45) is 4.77. The maximum absolute atomic E-state index is 6.14. The van der Waals surface area contributed by atoms with Crippen LogP contribution in [0.15, 0.2) is 36.4 Å². The first-order chi connectivity index (χ1) is 9.31. The molecule has 2 N–H and O–H groups in total. The number of hydrogen-bond acceptors (Lipinski definition) is 3. The Morgan fingerprint density at radius 2 is 1.74 bits per heavy atom. The molecule has 0 radical (unpaired) electrons. The third-order valence-corrected chi connectivity index (χ3v) is 4.62. The van der Waals surface area contributed by atoms with Crippen LogP contribution in [0.5, 0.6) is 0 Å². The van der Waals surface area contributed by atoms with Crippen LogP contribution in [0.1, 0.15) is 25.7 Å². The SMILES string of the molecule is NC1CC2CCC(C1)N2c1ccc2ccccc2n1. The Morgan fingerprint density at radius 1 is 1.00 bits per heavy atom. The first kappa shape index (κ1) is 11.2. The van der Waals surface area contributed by atoms with Crippen LogP contribution in [-0.4, -0.2) is 23.1 Å². The number of anilines is 1. The van der Waals surface area contributed by atoms with Crippen LogP contribution in [0.2, 0.25) is 0 Å². The molecular weight excluding hydrogens is 234 g/mol. The summed E-state index contributed by atoms with van der Waals surface area (Å²) in [5.74, 6) is 1.14. The van der Waals surface area contributed by atoms with Crippen LogP contribution in [0.25, 0.3) is 10.9 Å². The van der Waals surface area contributed by atoms with Crippen molar-refractivity contribution in [3.05, 3.63) is 36.4 Å². The fraction of sp³-hybridized carbons (Fsp3) is 0.438. The lowest BCUT2D eigenvalue weighted by Crippen LogP contribution is -2.47. The van der Waals surface area contributed by atoms with Crippen molar-refractivity contribution in [2.45, 2.75) is 43.8 Å². The molecule has 3 nitrogen and oxygen atoms in total. The molecule has 98 valence electrons. The van der Waals surface area contributed by atoms with E-state index in [1.807, 2.05) is 0 Å². The summed E-state index contributed by atoms with van der Waals surface area (Å²) in [7, 11) is 0. The zero-order valence-electron chi connectivity index (χ0n) is 11.0. The lowest BCUT2D eigenvalue weighted by Gasteiger charge is -2.38. The summed E-state index contributed by atoms with van der Waals surface area (Å²) >= 11 is 0. The fourth-order valence-electron chi connectivity index (χ4n) is 3.79. The number of piperidine rings is 1. The zero-order valence-corrected chi connectivity index (χ0v) is 11.0. The number of para-hydroxylation sites is 1. The molecule has 1 aromatic heterocycles. The molecule has 2 bridgehead atoms. The summed E-state index contributed by atoms with van der Waals surface area (Å²) in [5.41, 5.74) is 7.23. The number of nitrogens with two attached hydrogens (primary N) is 1. The predicted molar refractivity (Wildman–Crippen MR) is 78.2 cm³/mol. The van der Waals surface area contributed by atoms with Crippen LogP contribution in [-0.2, 0) is 0 Å². The summed E-state index contributed by atoms with van der Waals surface area (Å²) in [4.78, 5) is 7.37. The van der Waals surface area contributed by atoms with Gasteiger partial charge in [0, 0.05) is 23.5 Å². The monoisotopic (exact) mass is 253 g/mol. The molecule has 2 unspecified atom stereocenters. The van der Waals surface area contributed by atoms with Gasteiger partial charge in [-0.15, -0.1) is 0 Å². The Balaban J connectivity index is 1.74. The van der Waals surface area contributed by atoms with E-state index in [4.69, 9.17) is 10.7 Å². The van der Waals surface area contributed by atoms with Crippen molar-refractivity contribution in [2.75, 3.05) is 4.90 Å². The second kappa shape index (κ2) is 4.20. The van der Waals surface area contributed by atoms with Gasteiger partial charge in [-0.2, -0.15) is 0 Å². The molecule has 2 aromatic rings. The maximum atomic E-state index is 6.14. The normalized spacial score (nSPS) is 29.9. The van der Waals surface area contributed by atoms with Gasteiger partial charge in [0.05, 0.1) is 5.52 Å². The standard InChI is InChI=1S/C16H19N3/c17-12-9-13-6-7-14(10-12)19(13)16-8-5-11-3-1-2-4-15(11)18-16/h1-5,8,12-14H,6-7,9-10,17H2. The number of rotatable bonds is 1. The van der Waals surface area contributed by atoms with Crippen molar-refractivity contribution in [1.82, 2.24) is 4.98 Å². The summed E-state index contributed by atoms with van der Waals surface area (Å²) in [5, 5.41) is 1.22. The van der Waals surface area contributed by atoms with E-state index >= 15 is 0 Å². The lowest BCUT2D eigenvalue weighted by molar-refractivity contribution is 0.412. The lowest BCUT2D eigenvalue weighted by atomic mass is 9.98. The molecule has 4 rings (SSSR count). The fourth-order valence-corrected chi connectivity index (χ4v) is 3.79. The Hall–Kier alpha value is -1.61. The van der Waals surface area contributed by atoms with Gasteiger partial charge in [0.1, 0.15) is 5.82 Å². The molecule has 3 heteroatoms. The molecule has 2 aliphatic heterocycles. The Bertz CT molecular complexity index is 596. The number of benzene rings is 1. The third-order valence-electron chi connectivity index (χ3n) is 4.62. The molecule has 3 heterocycles. The number of hydrogen-bond donors (Lipinski definition) is 1. The van der Waals surface area contributed by atoms with Gasteiger partial charge < -0.3 is 10.6 Å². The predicted octanol–water partition coefficient (Wildman–Crippen LogP) is 2.69. The Morgan fingerprint density at radius 3 is 2.53 bits per heavy atom. The second-order valence-electron chi connectivity index (χ2n) is 5.89. The molecule has 0 aliphatic carbocycles. The molecule has 2 fully saturated rings. The van der Waals surface area contributed by atoms with Gasteiger partial charge in [0.2, 0.25) is 0 Å². The van der Waals surface area contributed by atoms with Crippen molar-refractivity contribution in [3.8, 4) is 0 Å². The highest BCUT2D eigenvalue weighted by molar-refractivity contribution is 5.80. The largest absolute Gasteiger partial charge is 0.351 e. The molecule has 0 spiro atoms. The van der Waals surface area contributed by atoms with E-state index in [1.54, 1.807) is 0 Å². The van der Waals surface area contributed by atoms with Gasteiger partial charge in [-0.05, 0) is 43.9 Å². The van der Waals surface area contributed by atoms with Crippen molar-refractivity contribution in [3.63, 3.8) is 0 Å². The van der Waals surface area contributed by atoms with Crippen molar-refractivity contribution < 1.29 is 0 Å². The van der Waals surface area contributed by atoms with Crippen molar-refractivity contribution in [2.24, 2.45) is 5.73 Å². The van der Waals surface area contributed by atoms with E-state index in [-0.39, 0.29) is 0 Å². The molecule has 2 saturated heterocycles. The van der Waals surface area contributed by atoms with Gasteiger partial charge in [-0.25, -0.2) is 4.98 Å². The smallest absolute Gasteiger partial charge is 0.129 e. The van der Waals surface area contributed by atoms with Gasteiger partial charge in [-0.1, -0.05) is 18.2 Å². The molecule has 2 aliphatic rings. The minimum atomic E-state index is 0.384. The molecule has 0 saturated carbocycles. The highest BCUT2D eigenvalue weighted by atomic mass is 15.3. The number of fused-ring (bicyclic) bond motifs is 3. The number of pyridine rings is 1. The van der Waals surface area contributed by atoms with E-state index in [9.17, 15) is 0 Å².